The molecule has 8 bridgehead atoms. The van der Waals surface area contributed by atoms with E-state index in [-0.39, 0.29) is 0 Å². The molecule has 58 heavy (non-hydrogen) atoms. The molecule has 0 atom stereocenters. The molecule has 5 heterocycles. The van der Waals surface area contributed by atoms with Crippen LogP contribution in [0.1, 0.15) is 28.3 Å². The summed E-state index contributed by atoms with van der Waals surface area (Å²) in [6.07, 6.45) is 6.45. The van der Waals surface area contributed by atoms with Crippen LogP contribution in [0, 0.1) is 0 Å². The van der Waals surface area contributed by atoms with Crippen LogP contribution in [0.25, 0.3) is 90.4 Å². The van der Waals surface area contributed by atoms with E-state index < -0.39 is 0 Å². The Hall–Kier alpha value is -7.70. The molecule has 2 aliphatic heterocycles. The van der Waals surface area contributed by atoms with Gasteiger partial charge in [0, 0.05) is 55.5 Å². The van der Waals surface area contributed by atoms with E-state index in [2.05, 4.69) is 150 Å². The summed E-state index contributed by atoms with van der Waals surface area (Å²) in [5.41, 5.74) is 17.0. The van der Waals surface area contributed by atoms with Crippen LogP contribution in [0.4, 0.5) is 0 Å². The zero-order valence-corrected chi connectivity index (χ0v) is 32.0. The van der Waals surface area contributed by atoms with Crippen molar-refractivity contribution in [3.05, 3.63) is 192 Å². The highest BCUT2D eigenvalue weighted by molar-refractivity contribution is 6.06. The number of methoxy groups -OCH3 is 2. The van der Waals surface area contributed by atoms with E-state index in [4.69, 9.17) is 19.4 Å². The third-order valence-electron chi connectivity index (χ3n) is 10.8. The number of hydrogen-bond donors (Lipinski definition) is 2. The highest BCUT2D eigenvalue weighted by Crippen LogP contribution is 2.44. The summed E-state index contributed by atoms with van der Waals surface area (Å²) in [5, 5.41) is 0. The minimum atomic E-state index is 0.717. The van der Waals surface area contributed by atoms with Crippen molar-refractivity contribution in [2.24, 2.45) is 0 Å². The second-order valence-corrected chi connectivity index (χ2v) is 14.2. The first-order chi connectivity index (χ1) is 28.7. The number of aromatic amines is 2. The van der Waals surface area contributed by atoms with Crippen LogP contribution in [0.3, 0.4) is 0 Å². The average molecular weight is 751 g/mol. The monoisotopic (exact) mass is 750 g/mol. The molecule has 2 N–H and O–H groups in total. The normalized spacial score (nSPS) is 12.0. The number of fused-ring (bicyclic) bond motifs is 8. The van der Waals surface area contributed by atoms with Gasteiger partial charge in [-0.1, -0.05) is 121 Å². The highest BCUT2D eigenvalue weighted by Gasteiger charge is 2.25. The molecule has 0 aliphatic carbocycles. The lowest BCUT2D eigenvalue weighted by molar-refractivity contribution is 0.402. The SMILES string of the molecule is COc1ccc(OC)c(C2=Cc3nc2c(-c2ccccc2)c2ccc([nH]2)c(-c2ccccc2)c2nc(c(-c4ccccc4)c4ccc([nH]4)c3-c3ccccc3)C=C2)c1. The molecule has 10 rings (SSSR count). The molecule has 0 spiro atoms. The zero-order chi connectivity index (χ0) is 39.0. The summed E-state index contributed by atoms with van der Waals surface area (Å²) < 4.78 is 11.8. The maximum Gasteiger partial charge on any atom is 0.127 e. The van der Waals surface area contributed by atoms with Gasteiger partial charge in [-0.25, -0.2) is 9.97 Å². The molecule has 6 heteroatoms. The van der Waals surface area contributed by atoms with Crippen molar-refractivity contribution < 1.29 is 9.47 Å². The van der Waals surface area contributed by atoms with Gasteiger partial charge >= 0.3 is 0 Å². The van der Waals surface area contributed by atoms with E-state index in [1.807, 2.05) is 42.5 Å². The van der Waals surface area contributed by atoms with Crippen LogP contribution in [0.15, 0.2) is 164 Å². The Morgan fingerprint density at radius 3 is 1.29 bits per heavy atom. The smallest absolute Gasteiger partial charge is 0.127 e. The molecule has 0 fully saturated rings. The van der Waals surface area contributed by atoms with Crippen molar-refractivity contribution in [3.63, 3.8) is 0 Å². The van der Waals surface area contributed by atoms with Crippen molar-refractivity contribution in [1.29, 1.82) is 0 Å². The molecular formula is C52H38N4O2. The first kappa shape index (κ1) is 34.8. The lowest BCUT2D eigenvalue weighted by Gasteiger charge is -2.14. The topological polar surface area (TPSA) is 75.8 Å². The number of rotatable bonds is 7. The van der Waals surface area contributed by atoms with Gasteiger partial charge in [0.05, 0.1) is 37.0 Å². The summed E-state index contributed by atoms with van der Waals surface area (Å²) in [5.74, 6) is 1.44. The number of nitrogens with zero attached hydrogens (tertiary/aromatic N) is 2. The summed E-state index contributed by atoms with van der Waals surface area (Å²) in [7, 11) is 3.39. The number of benzene rings is 5. The Kier molecular flexibility index (Phi) is 8.84. The lowest BCUT2D eigenvalue weighted by Crippen LogP contribution is -1.96. The Labute approximate surface area is 336 Å². The second kappa shape index (κ2) is 14.8. The van der Waals surface area contributed by atoms with Crippen LogP contribution in [-0.4, -0.2) is 34.2 Å². The molecule has 278 valence electrons. The minimum Gasteiger partial charge on any atom is -0.497 e. The Morgan fingerprint density at radius 1 is 0.414 bits per heavy atom. The highest BCUT2D eigenvalue weighted by atomic mass is 16.5. The number of nitrogens with one attached hydrogen (secondary N) is 2. The first-order valence-electron chi connectivity index (χ1n) is 19.3. The van der Waals surface area contributed by atoms with Crippen LogP contribution in [0.5, 0.6) is 11.5 Å². The van der Waals surface area contributed by atoms with Crippen molar-refractivity contribution >= 4 is 45.9 Å². The number of aromatic nitrogens is 4. The Morgan fingerprint density at radius 2 is 0.845 bits per heavy atom. The number of H-pyrrole nitrogens is 2. The molecular weight excluding hydrogens is 713 g/mol. The fourth-order valence-electron chi connectivity index (χ4n) is 8.14. The van der Waals surface area contributed by atoms with Gasteiger partial charge in [0.2, 0.25) is 0 Å². The van der Waals surface area contributed by atoms with Gasteiger partial charge in [-0.3, -0.25) is 0 Å². The van der Waals surface area contributed by atoms with Gasteiger partial charge in [0.25, 0.3) is 0 Å². The maximum absolute atomic E-state index is 6.05. The Bertz CT molecular complexity index is 3050. The Balaban J connectivity index is 1.44. The standard InChI is InChI=1S/C52H38N4O2/c1-57-37-23-30-47(58-2)38(31-37)39-32-46-50(35-19-11-5-12-20-35)44-27-26-42(54-44)48(33-15-7-3-8-16-33)40-24-25-41(53-40)49(34-17-9-4-10-18-34)43-28-29-45(55-43)51(52(39)56-46)36-21-13-6-14-22-36/h3-32,54-55H,1-2H3. The van der Waals surface area contributed by atoms with Gasteiger partial charge in [-0.2, -0.15) is 0 Å². The molecule has 3 aromatic heterocycles. The third kappa shape index (κ3) is 6.17. The predicted octanol–water partition coefficient (Wildman–Crippen LogP) is 12.8. The molecule has 0 radical (unpaired) electrons. The van der Waals surface area contributed by atoms with Crippen molar-refractivity contribution in [2.75, 3.05) is 14.2 Å². The zero-order valence-electron chi connectivity index (χ0n) is 32.0. The van der Waals surface area contributed by atoms with E-state index in [1.165, 1.54) is 0 Å². The van der Waals surface area contributed by atoms with E-state index in [0.29, 0.717) is 0 Å². The van der Waals surface area contributed by atoms with Crippen LogP contribution in [0.2, 0.25) is 0 Å². The van der Waals surface area contributed by atoms with E-state index in [1.54, 1.807) is 14.2 Å². The lowest BCUT2D eigenvalue weighted by atomic mass is 9.94. The van der Waals surface area contributed by atoms with Crippen LogP contribution >= 0.6 is 0 Å². The fraction of sp³-hybridized carbons (Fsp3) is 0.0385. The molecule has 2 aliphatic rings. The minimum absolute atomic E-state index is 0.717. The van der Waals surface area contributed by atoms with Crippen LogP contribution in [-0.2, 0) is 0 Å². The van der Waals surface area contributed by atoms with Gasteiger partial charge < -0.3 is 19.4 Å². The summed E-state index contributed by atoms with van der Waals surface area (Å²) in [6, 6.07) is 56.4. The van der Waals surface area contributed by atoms with Gasteiger partial charge in [-0.15, -0.1) is 0 Å². The van der Waals surface area contributed by atoms with Crippen LogP contribution < -0.4 is 9.47 Å². The number of hydrogen-bond acceptors (Lipinski definition) is 4. The second-order valence-electron chi connectivity index (χ2n) is 14.2. The molecule has 0 amide bonds. The summed E-state index contributed by atoms with van der Waals surface area (Å²) in [4.78, 5) is 18.8. The summed E-state index contributed by atoms with van der Waals surface area (Å²) in [6.45, 7) is 0. The molecule has 0 unspecified atom stereocenters. The van der Waals surface area contributed by atoms with Crippen molar-refractivity contribution in [1.82, 2.24) is 19.9 Å². The largest absolute Gasteiger partial charge is 0.497 e. The van der Waals surface area contributed by atoms with Gasteiger partial charge in [0.1, 0.15) is 11.5 Å². The third-order valence-corrected chi connectivity index (χ3v) is 10.8. The van der Waals surface area contributed by atoms with E-state index >= 15 is 0 Å². The molecule has 5 aromatic carbocycles. The van der Waals surface area contributed by atoms with E-state index in [9.17, 15) is 0 Å². The fourth-order valence-corrected chi connectivity index (χ4v) is 8.14. The number of ether oxygens (including phenoxy) is 2. The summed E-state index contributed by atoms with van der Waals surface area (Å²) >= 11 is 0. The average Bonchev–Trinajstić information content (AvgIpc) is 4.13. The molecule has 6 nitrogen and oxygen atoms in total. The van der Waals surface area contributed by atoms with Gasteiger partial charge in [0.15, 0.2) is 0 Å². The van der Waals surface area contributed by atoms with Crippen molar-refractivity contribution in [2.45, 2.75) is 0 Å². The maximum atomic E-state index is 6.05. The molecule has 8 aromatic rings. The van der Waals surface area contributed by atoms with Gasteiger partial charge in [-0.05, 0) is 82.9 Å². The predicted molar refractivity (Wildman–Crippen MR) is 238 cm³/mol. The van der Waals surface area contributed by atoms with E-state index in [0.717, 1.165) is 112 Å². The van der Waals surface area contributed by atoms with Crippen molar-refractivity contribution in [3.8, 4) is 56.0 Å². The molecule has 0 saturated heterocycles. The first-order valence-corrected chi connectivity index (χ1v) is 19.3. The molecule has 0 saturated carbocycles. The quantitative estimate of drug-likeness (QED) is 0.170.